The SMILES string of the molecule is CCNCc1cncc(N(C)c2ccc(OC)cc2)n1. The van der Waals surface area contributed by atoms with Crippen LogP contribution in [-0.4, -0.2) is 30.7 Å². The lowest BCUT2D eigenvalue weighted by atomic mass is 10.3. The van der Waals surface area contributed by atoms with E-state index >= 15 is 0 Å². The van der Waals surface area contributed by atoms with Gasteiger partial charge in [-0.3, -0.25) is 4.98 Å². The fraction of sp³-hybridized carbons (Fsp3) is 0.333. The van der Waals surface area contributed by atoms with Crippen molar-refractivity contribution in [2.24, 2.45) is 0 Å². The van der Waals surface area contributed by atoms with Crippen molar-refractivity contribution < 1.29 is 4.74 Å². The molecule has 1 N–H and O–H groups in total. The second kappa shape index (κ2) is 6.86. The van der Waals surface area contributed by atoms with Crippen molar-refractivity contribution in [3.8, 4) is 5.75 Å². The van der Waals surface area contributed by atoms with Crippen LogP contribution in [0.3, 0.4) is 0 Å². The number of nitrogens with zero attached hydrogens (tertiary/aromatic N) is 3. The Balaban J connectivity index is 2.16. The summed E-state index contributed by atoms with van der Waals surface area (Å²) in [5.74, 6) is 1.67. The molecule has 20 heavy (non-hydrogen) atoms. The van der Waals surface area contributed by atoms with Crippen molar-refractivity contribution in [3.05, 3.63) is 42.4 Å². The Labute approximate surface area is 119 Å². The van der Waals surface area contributed by atoms with Gasteiger partial charge in [-0.1, -0.05) is 6.92 Å². The van der Waals surface area contributed by atoms with Crippen LogP contribution in [0.4, 0.5) is 11.5 Å². The molecule has 0 fully saturated rings. The maximum absolute atomic E-state index is 5.16. The molecule has 1 heterocycles. The first kappa shape index (κ1) is 14.3. The van der Waals surface area contributed by atoms with E-state index in [0.29, 0.717) is 0 Å². The normalized spacial score (nSPS) is 10.3. The van der Waals surface area contributed by atoms with Crippen LogP contribution in [0.15, 0.2) is 36.7 Å². The smallest absolute Gasteiger partial charge is 0.151 e. The van der Waals surface area contributed by atoms with Gasteiger partial charge in [-0.25, -0.2) is 4.98 Å². The van der Waals surface area contributed by atoms with Crippen molar-refractivity contribution in [2.75, 3.05) is 25.6 Å². The number of rotatable bonds is 6. The number of anilines is 2. The fourth-order valence-electron chi connectivity index (χ4n) is 1.83. The third-order valence-electron chi connectivity index (χ3n) is 3.03. The summed E-state index contributed by atoms with van der Waals surface area (Å²) in [5, 5.41) is 3.25. The molecule has 0 radical (unpaired) electrons. The van der Waals surface area contributed by atoms with Crippen molar-refractivity contribution >= 4 is 11.5 Å². The molecule has 0 amide bonds. The number of aromatic nitrogens is 2. The number of hydrogen-bond acceptors (Lipinski definition) is 5. The summed E-state index contributed by atoms with van der Waals surface area (Å²) < 4.78 is 5.16. The number of hydrogen-bond donors (Lipinski definition) is 1. The van der Waals surface area contributed by atoms with Crippen LogP contribution in [0.5, 0.6) is 5.75 Å². The van der Waals surface area contributed by atoms with Crippen LogP contribution < -0.4 is 15.0 Å². The Hall–Kier alpha value is -2.14. The number of benzene rings is 1. The van der Waals surface area contributed by atoms with Crippen molar-refractivity contribution in [2.45, 2.75) is 13.5 Å². The van der Waals surface area contributed by atoms with Crippen LogP contribution >= 0.6 is 0 Å². The minimum Gasteiger partial charge on any atom is -0.497 e. The zero-order valence-corrected chi connectivity index (χ0v) is 12.1. The molecule has 0 aliphatic heterocycles. The lowest BCUT2D eigenvalue weighted by Gasteiger charge is -2.18. The van der Waals surface area contributed by atoms with Gasteiger partial charge in [0, 0.05) is 25.5 Å². The first-order valence-corrected chi connectivity index (χ1v) is 6.64. The molecule has 0 saturated heterocycles. The van der Waals surface area contributed by atoms with Crippen LogP contribution in [0, 0.1) is 0 Å². The summed E-state index contributed by atoms with van der Waals surface area (Å²) in [7, 11) is 3.64. The first-order chi connectivity index (χ1) is 9.74. The van der Waals surface area contributed by atoms with E-state index in [1.54, 1.807) is 19.5 Å². The van der Waals surface area contributed by atoms with Crippen LogP contribution in [0.25, 0.3) is 0 Å². The van der Waals surface area contributed by atoms with Gasteiger partial charge in [0.25, 0.3) is 0 Å². The van der Waals surface area contributed by atoms with E-state index in [9.17, 15) is 0 Å². The summed E-state index contributed by atoms with van der Waals surface area (Å²) in [4.78, 5) is 10.8. The number of methoxy groups -OCH3 is 1. The molecule has 1 aromatic heterocycles. The van der Waals surface area contributed by atoms with Crippen LogP contribution in [0.2, 0.25) is 0 Å². The molecule has 106 valence electrons. The predicted octanol–water partition coefficient (Wildman–Crippen LogP) is 2.36. The Kier molecular flexibility index (Phi) is 4.90. The van der Waals surface area contributed by atoms with Gasteiger partial charge in [0.2, 0.25) is 0 Å². The lowest BCUT2D eigenvalue weighted by Crippen LogP contribution is -2.16. The third-order valence-corrected chi connectivity index (χ3v) is 3.03. The average molecular weight is 272 g/mol. The molecule has 5 heteroatoms. The molecular weight excluding hydrogens is 252 g/mol. The maximum Gasteiger partial charge on any atom is 0.151 e. The van der Waals surface area contributed by atoms with E-state index in [1.165, 1.54) is 0 Å². The summed E-state index contributed by atoms with van der Waals surface area (Å²) in [5.41, 5.74) is 1.98. The molecule has 0 saturated carbocycles. The van der Waals surface area contributed by atoms with Gasteiger partial charge >= 0.3 is 0 Å². The molecule has 5 nitrogen and oxygen atoms in total. The highest BCUT2D eigenvalue weighted by atomic mass is 16.5. The second-order valence-electron chi connectivity index (χ2n) is 4.41. The standard InChI is InChI=1S/C15H20N4O/c1-4-16-9-12-10-17-11-15(18-12)19(2)13-5-7-14(20-3)8-6-13/h5-8,10-11,16H,4,9H2,1-3H3. The monoisotopic (exact) mass is 272 g/mol. The highest BCUT2D eigenvalue weighted by molar-refractivity contribution is 5.59. The van der Waals surface area contributed by atoms with E-state index in [2.05, 4.69) is 22.2 Å². The predicted molar refractivity (Wildman–Crippen MR) is 80.5 cm³/mol. The highest BCUT2D eigenvalue weighted by Crippen LogP contribution is 2.23. The van der Waals surface area contributed by atoms with E-state index < -0.39 is 0 Å². The first-order valence-electron chi connectivity index (χ1n) is 6.64. The van der Waals surface area contributed by atoms with Crippen molar-refractivity contribution in [3.63, 3.8) is 0 Å². The van der Waals surface area contributed by atoms with Gasteiger partial charge in [-0.15, -0.1) is 0 Å². The van der Waals surface area contributed by atoms with Gasteiger partial charge in [0.1, 0.15) is 5.75 Å². The molecule has 0 unspecified atom stereocenters. The maximum atomic E-state index is 5.16. The Morgan fingerprint density at radius 3 is 2.60 bits per heavy atom. The van der Waals surface area contributed by atoms with Gasteiger partial charge in [0.15, 0.2) is 5.82 Å². The number of nitrogens with one attached hydrogen (secondary N) is 1. The molecule has 2 aromatic rings. The van der Waals surface area contributed by atoms with E-state index in [1.807, 2.05) is 36.2 Å². The molecule has 0 aliphatic carbocycles. The minimum absolute atomic E-state index is 0.730. The van der Waals surface area contributed by atoms with Crippen molar-refractivity contribution in [1.82, 2.24) is 15.3 Å². The molecule has 0 atom stereocenters. The fourth-order valence-corrected chi connectivity index (χ4v) is 1.83. The molecule has 0 spiro atoms. The summed E-state index contributed by atoms with van der Waals surface area (Å²) >= 11 is 0. The van der Waals surface area contributed by atoms with Gasteiger partial charge < -0.3 is 15.0 Å². The van der Waals surface area contributed by atoms with Gasteiger partial charge in [-0.2, -0.15) is 0 Å². The highest BCUT2D eigenvalue weighted by Gasteiger charge is 2.07. The molecule has 0 aliphatic rings. The Morgan fingerprint density at radius 2 is 1.95 bits per heavy atom. The average Bonchev–Trinajstić information content (AvgIpc) is 2.52. The van der Waals surface area contributed by atoms with E-state index in [0.717, 1.165) is 36.0 Å². The zero-order chi connectivity index (χ0) is 14.4. The van der Waals surface area contributed by atoms with Crippen LogP contribution in [0.1, 0.15) is 12.6 Å². The van der Waals surface area contributed by atoms with Crippen LogP contribution in [-0.2, 0) is 6.54 Å². The van der Waals surface area contributed by atoms with E-state index in [-0.39, 0.29) is 0 Å². The van der Waals surface area contributed by atoms with Gasteiger partial charge in [0.05, 0.1) is 19.0 Å². The van der Waals surface area contributed by atoms with E-state index in [4.69, 9.17) is 4.74 Å². The Bertz CT molecular complexity index is 542. The lowest BCUT2D eigenvalue weighted by molar-refractivity contribution is 0.415. The summed E-state index contributed by atoms with van der Waals surface area (Å²) in [6.07, 6.45) is 3.55. The molecule has 0 bridgehead atoms. The quantitative estimate of drug-likeness (QED) is 0.875. The molecule has 2 rings (SSSR count). The number of ether oxygens (including phenoxy) is 1. The zero-order valence-electron chi connectivity index (χ0n) is 12.1. The molecule has 1 aromatic carbocycles. The largest absolute Gasteiger partial charge is 0.497 e. The molecular formula is C15H20N4O. The van der Waals surface area contributed by atoms with Gasteiger partial charge in [-0.05, 0) is 30.8 Å². The topological polar surface area (TPSA) is 50.3 Å². The third kappa shape index (κ3) is 3.45. The summed E-state index contributed by atoms with van der Waals surface area (Å²) in [6, 6.07) is 7.86. The summed E-state index contributed by atoms with van der Waals surface area (Å²) in [6.45, 7) is 3.72. The van der Waals surface area contributed by atoms with Crippen molar-refractivity contribution in [1.29, 1.82) is 0 Å². The minimum atomic E-state index is 0.730. The second-order valence-corrected chi connectivity index (χ2v) is 4.41. The Morgan fingerprint density at radius 1 is 1.20 bits per heavy atom.